The fraction of sp³-hybridized carbons (Fsp3) is 0.282. The highest BCUT2D eigenvalue weighted by molar-refractivity contribution is 7.92. The Morgan fingerprint density at radius 2 is 1.53 bits per heavy atom. The van der Waals surface area contributed by atoms with E-state index < -0.39 is 33.3 Å². The second kappa shape index (κ2) is 11.9. The number of carbonyl (C=O) groups excluding carboxylic acids is 1. The normalized spacial score (nSPS) is 18.5. The average Bonchev–Trinajstić information content (AvgIpc) is 3.87. The third kappa shape index (κ3) is 5.48. The number of anilines is 1. The van der Waals surface area contributed by atoms with Crippen molar-refractivity contribution in [1.29, 1.82) is 0 Å². The second-order valence-corrected chi connectivity index (χ2v) is 15.6. The molecule has 0 saturated heterocycles. The van der Waals surface area contributed by atoms with Crippen LogP contribution >= 0.6 is 0 Å². The molecule has 3 aliphatic rings. The number of amides is 2. The number of nitrogens with zero attached hydrogens (tertiary/aromatic N) is 3. The zero-order valence-corrected chi connectivity index (χ0v) is 28.3. The van der Waals surface area contributed by atoms with Gasteiger partial charge in [0.05, 0.1) is 12.7 Å². The van der Waals surface area contributed by atoms with Crippen LogP contribution in [0.3, 0.4) is 0 Å². The van der Waals surface area contributed by atoms with E-state index >= 15 is 4.21 Å². The van der Waals surface area contributed by atoms with Gasteiger partial charge in [0.2, 0.25) is 5.88 Å². The van der Waals surface area contributed by atoms with Gasteiger partial charge in [0.15, 0.2) is 9.92 Å². The number of rotatable bonds is 7. The SMILES string of the molecule is CC1(C)Cn2ncc([S@](=O)(=NC(c3ccccc3)(c3ccccc3)c3ccccc3)NC(=O)Nc3c4c(cc5c3C[C@@H](F)C5)CCC4)c2O1. The third-order valence-corrected chi connectivity index (χ3v) is 11.6. The molecule has 250 valence electrons. The van der Waals surface area contributed by atoms with Gasteiger partial charge < -0.3 is 10.1 Å². The van der Waals surface area contributed by atoms with Gasteiger partial charge in [-0.3, -0.25) is 0 Å². The van der Waals surface area contributed by atoms with E-state index in [0.29, 0.717) is 24.5 Å². The Hall–Kier alpha value is -4.96. The van der Waals surface area contributed by atoms with E-state index in [1.807, 2.05) is 105 Å². The van der Waals surface area contributed by atoms with E-state index in [0.717, 1.165) is 58.2 Å². The van der Waals surface area contributed by atoms with Crippen LogP contribution in [0.4, 0.5) is 14.9 Å². The number of alkyl halides is 1. The summed E-state index contributed by atoms with van der Waals surface area (Å²) in [5.41, 5.74) is 4.89. The molecule has 10 heteroatoms. The van der Waals surface area contributed by atoms with E-state index in [1.54, 1.807) is 4.68 Å². The number of hydrogen-bond donors (Lipinski definition) is 2. The van der Waals surface area contributed by atoms with Gasteiger partial charge >= 0.3 is 6.03 Å². The van der Waals surface area contributed by atoms with Gasteiger partial charge in [0.25, 0.3) is 0 Å². The van der Waals surface area contributed by atoms with Crippen LogP contribution in [0.25, 0.3) is 0 Å². The minimum Gasteiger partial charge on any atom is -0.469 e. The highest BCUT2D eigenvalue weighted by Gasteiger charge is 2.42. The monoisotopic (exact) mass is 675 g/mol. The number of nitrogens with one attached hydrogen (secondary N) is 2. The summed E-state index contributed by atoms with van der Waals surface area (Å²) in [6.07, 6.45) is 3.67. The molecule has 49 heavy (non-hydrogen) atoms. The summed E-state index contributed by atoms with van der Waals surface area (Å²) in [7, 11) is -3.88. The number of halogens is 1. The number of fused-ring (bicyclic) bond motifs is 3. The van der Waals surface area contributed by atoms with E-state index in [2.05, 4.69) is 21.2 Å². The molecular weight excluding hydrogens is 638 g/mol. The lowest BCUT2D eigenvalue weighted by Gasteiger charge is -2.33. The topological polar surface area (TPSA) is 97.6 Å². The Balaban J connectivity index is 1.34. The largest absolute Gasteiger partial charge is 0.469 e. The number of carbonyl (C=O) groups is 1. The maximum atomic E-state index is 15.9. The van der Waals surface area contributed by atoms with Gasteiger partial charge in [-0.2, -0.15) is 9.46 Å². The maximum absolute atomic E-state index is 15.9. The number of ether oxygens (including phenoxy) is 1. The van der Waals surface area contributed by atoms with Crippen LogP contribution < -0.4 is 14.8 Å². The summed E-state index contributed by atoms with van der Waals surface area (Å²) >= 11 is 0. The Morgan fingerprint density at radius 1 is 0.918 bits per heavy atom. The number of urea groups is 1. The molecule has 5 aromatic rings. The molecular formula is C39H38FN5O3S. The summed E-state index contributed by atoms with van der Waals surface area (Å²) in [6, 6.07) is 30.4. The maximum Gasteiger partial charge on any atom is 0.331 e. The fourth-order valence-electron chi connectivity index (χ4n) is 7.65. The molecule has 2 N–H and O–H groups in total. The van der Waals surface area contributed by atoms with Crippen molar-refractivity contribution in [2.75, 3.05) is 5.32 Å². The first kappa shape index (κ1) is 31.3. The van der Waals surface area contributed by atoms with Crippen molar-refractivity contribution in [2.45, 2.75) is 74.7 Å². The molecule has 0 radical (unpaired) electrons. The minimum atomic E-state index is -3.88. The predicted octanol–water partition coefficient (Wildman–Crippen LogP) is 7.54. The molecule has 8 rings (SSSR count). The molecule has 2 aliphatic carbocycles. The van der Waals surface area contributed by atoms with Crippen molar-refractivity contribution in [2.24, 2.45) is 4.36 Å². The molecule has 8 nitrogen and oxygen atoms in total. The predicted molar refractivity (Wildman–Crippen MR) is 188 cm³/mol. The highest BCUT2D eigenvalue weighted by Crippen LogP contribution is 2.44. The Kier molecular flexibility index (Phi) is 7.59. The lowest BCUT2D eigenvalue weighted by molar-refractivity contribution is 0.132. The van der Waals surface area contributed by atoms with Crippen LogP contribution in [-0.2, 0) is 47.7 Å². The molecule has 2 heterocycles. The third-order valence-electron chi connectivity index (χ3n) is 9.74. The van der Waals surface area contributed by atoms with Crippen LogP contribution in [0.5, 0.6) is 5.88 Å². The summed E-state index contributed by atoms with van der Waals surface area (Å²) in [4.78, 5) is 14.5. The zero-order chi connectivity index (χ0) is 33.8. The summed E-state index contributed by atoms with van der Waals surface area (Å²) in [6.45, 7) is 4.31. The first-order valence-electron chi connectivity index (χ1n) is 16.7. The number of hydrogen-bond acceptors (Lipinski definition) is 5. The summed E-state index contributed by atoms with van der Waals surface area (Å²) in [5.74, 6) is 0.295. The van der Waals surface area contributed by atoms with E-state index in [4.69, 9.17) is 9.10 Å². The van der Waals surface area contributed by atoms with Gasteiger partial charge in [0.1, 0.15) is 22.2 Å². The number of aromatic nitrogens is 2. The van der Waals surface area contributed by atoms with E-state index in [1.165, 1.54) is 6.20 Å². The molecule has 2 atom stereocenters. The van der Waals surface area contributed by atoms with Gasteiger partial charge in [-0.25, -0.2) is 22.8 Å². The average molecular weight is 676 g/mol. The molecule has 0 bridgehead atoms. The van der Waals surface area contributed by atoms with Gasteiger partial charge in [-0.15, -0.1) is 0 Å². The lowest BCUT2D eigenvalue weighted by atomic mass is 9.78. The quantitative estimate of drug-likeness (QED) is 0.174. The van der Waals surface area contributed by atoms with Crippen molar-refractivity contribution in [3.63, 3.8) is 0 Å². The first-order chi connectivity index (χ1) is 23.7. The molecule has 0 unspecified atom stereocenters. The molecule has 1 aromatic heterocycles. The van der Waals surface area contributed by atoms with E-state index in [9.17, 15) is 9.18 Å². The van der Waals surface area contributed by atoms with Crippen LogP contribution in [0.1, 0.15) is 59.2 Å². The standard InChI is InChI=1S/C39H38FN5O3S/c1-38(2)25-45-36(48-38)34(24-41-45)49(47,43-37(46)42-35-32-20-12-13-26(32)21-27-22-31(40)23-33(27)35)44-39(28-14-6-3-7-15-28,29-16-8-4-9-17-29)30-18-10-5-11-19-30/h3-11,14-19,21,24,31H,12-13,20,22-23,25H2,1-2H3,(H2,42,43,44,46,47)/t31-,49+/m0/s1. The Morgan fingerprint density at radius 3 is 2.14 bits per heavy atom. The Labute approximate surface area is 286 Å². The highest BCUT2D eigenvalue weighted by atomic mass is 32.2. The van der Waals surface area contributed by atoms with Crippen LogP contribution in [-0.4, -0.2) is 31.8 Å². The lowest BCUT2D eigenvalue weighted by Crippen LogP contribution is -2.38. The zero-order valence-electron chi connectivity index (χ0n) is 27.5. The summed E-state index contributed by atoms with van der Waals surface area (Å²) < 4.78 is 46.8. The Bertz CT molecular complexity index is 2080. The van der Waals surface area contributed by atoms with E-state index in [-0.39, 0.29) is 11.3 Å². The van der Waals surface area contributed by atoms with Crippen LogP contribution in [0.2, 0.25) is 0 Å². The number of aryl methyl sites for hydroxylation is 1. The minimum absolute atomic E-state index is 0.174. The molecule has 0 saturated carbocycles. The second-order valence-electron chi connectivity index (χ2n) is 13.7. The van der Waals surface area contributed by atoms with Crippen LogP contribution in [0, 0.1) is 0 Å². The molecule has 0 fully saturated rings. The van der Waals surface area contributed by atoms with Gasteiger partial charge in [0, 0.05) is 18.5 Å². The molecule has 4 aromatic carbocycles. The van der Waals surface area contributed by atoms with Crippen molar-refractivity contribution < 1.29 is 18.1 Å². The summed E-state index contributed by atoms with van der Waals surface area (Å²) in [5, 5.41) is 7.59. The van der Waals surface area contributed by atoms with Crippen molar-refractivity contribution in [3.05, 3.63) is 142 Å². The van der Waals surface area contributed by atoms with Crippen molar-refractivity contribution in [3.8, 4) is 5.88 Å². The van der Waals surface area contributed by atoms with Crippen molar-refractivity contribution in [1.82, 2.24) is 14.5 Å². The molecule has 2 amide bonds. The van der Waals surface area contributed by atoms with Gasteiger partial charge in [-0.1, -0.05) is 97.1 Å². The fourth-order valence-corrected chi connectivity index (χ4v) is 9.48. The van der Waals surface area contributed by atoms with Crippen molar-refractivity contribution >= 4 is 21.6 Å². The number of benzene rings is 4. The smallest absolute Gasteiger partial charge is 0.331 e. The van der Waals surface area contributed by atoms with Crippen LogP contribution in [0.15, 0.2) is 113 Å². The molecule has 0 spiro atoms. The molecule has 1 aliphatic heterocycles. The first-order valence-corrected chi connectivity index (χ1v) is 18.3. The van der Waals surface area contributed by atoms with Gasteiger partial charge in [-0.05, 0) is 72.1 Å².